The quantitative estimate of drug-likeness (QED) is 0.517. The van der Waals surface area contributed by atoms with Crippen LogP contribution in [0.25, 0.3) is 28.0 Å². The highest BCUT2D eigenvalue weighted by atomic mass is 16.2. The van der Waals surface area contributed by atoms with Gasteiger partial charge in [0, 0.05) is 19.5 Å². The van der Waals surface area contributed by atoms with Gasteiger partial charge in [0.05, 0.1) is 6.20 Å². The lowest BCUT2D eigenvalue weighted by atomic mass is 10.2. The number of nitrogens with zero attached hydrogens (tertiary/aromatic N) is 4. The van der Waals surface area contributed by atoms with Crippen LogP contribution in [0.1, 0.15) is 0 Å². The number of aryl methyl sites for hydroxylation is 1. The molecule has 3 heterocycles. The number of hydrogen-bond donors (Lipinski definition) is 1. The van der Waals surface area contributed by atoms with Gasteiger partial charge in [-0.3, -0.25) is 13.9 Å². The Labute approximate surface area is 130 Å². The molecule has 0 bridgehead atoms. The molecular formula is C16H14N5O2+. The van der Waals surface area contributed by atoms with E-state index in [1.807, 2.05) is 47.2 Å². The van der Waals surface area contributed by atoms with Gasteiger partial charge < -0.3 is 0 Å². The van der Waals surface area contributed by atoms with Gasteiger partial charge in [0.15, 0.2) is 0 Å². The molecule has 1 N–H and O–H groups in total. The monoisotopic (exact) mass is 308 g/mol. The number of imidazole rings is 1. The van der Waals surface area contributed by atoms with Crippen LogP contribution in [-0.2, 0) is 14.1 Å². The van der Waals surface area contributed by atoms with E-state index in [0.29, 0.717) is 17.1 Å². The van der Waals surface area contributed by atoms with Crippen molar-refractivity contribution in [2.24, 2.45) is 14.1 Å². The van der Waals surface area contributed by atoms with E-state index in [2.05, 4.69) is 9.97 Å². The summed E-state index contributed by atoms with van der Waals surface area (Å²) in [5, 5.41) is 1.05. The average Bonchev–Trinajstić information content (AvgIpc) is 3.03. The summed E-state index contributed by atoms with van der Waals surface area (Å²) in [6.07, 6.45) is 1.86. The van der Waals surface area contributed by atoms with Gasteiger partial charge in [0.2, 0.25) is 5.52 Å². The number of para-hydroxylation sites is 1. The smallest absolute Gasteiger partial charge is 0.265 e. The van der Waals surface area contributed by atoms with Gasteiger partial charge in [-0.05, 0) is 23.2 Å². The van der Waals surface area contributed by atoms with Crippen LogP contribution >= 0.6 is 0 Å². The zero-order valence-corrected chi connectivity index (χ0v) is 12.6. The summed E-state index contributed by atoms with van der Waals surface area (Å²) in [4.78, 5) is 31.8. The second kappa shape index (κ2) is 4.64. The van der Waals surface area contributed by atoms with Gasteiger partial charge in [0.25, 0.3) is 11.2 Å². The lowest BCUT2D eigenvalue weighted by Gasteiger charge is -2.00. The van der Waals surface area contributed by atoms with Crippen molar-refractivity contribution in [3.63, 3.8) is 0 Å². The molecule has 0 amide bonds. The number of aromatic nitrogens is 5. The molecular weight excluding hydrogens is 294 g/mol. The fourth-order valence-corrected chi connectivity index (χ4v) is 2.77. The molecule has 0 aliphatic rings. The molecule has 0 aliphatic heterocycles. The zero-order chi connectivity index (χ0) is 16.1. The van der Waals surface area contributed by atoms with E-state index >= 15 is 0 Å². The first-order valence-electron chi connectivity index (χ1n) is 7.13. The van der Waals surface area contributed by atoms with Crippen LogP contribution in [0.3, 0.4) is 0 Å². The third-order valence-corrected chi connectivity index (χ3v) is 4.02. The number of hydrogen-bond acceptors (Lipinski definition) is 3. The molecule has 0 unspecified atom stereocenters. The summed E-state index contributed by atoms with van der Waals surface area (Å²) in [5.41, 5.74) is 0.820. The number of pyridine rings is 1. The molecule has 114 valence electrons. The van der Waals surface area contributed by atoms with Crippen LogP contribution in [0.4, 0.5) is 0 Å². The topological polar surface area (TPSA) is 76.6 Å². The van der Waals surface area contributed by atoms with Crippen LogP contribution in [-0.4, -0.2) is 19.1 Å². The average molecular weight is 308 g/mol. The number of aromatic amines is 1. The van der Waals surface area contributed by atoms with Gasteiger partial charge in [-0.15, -0.1) is 0 Å². The van der Waals surface area contributed by atoms with Crippen molar-refractivity contribution in [2.75, 3.05) is 0 Å². The minimum Gasteiger partial charge on any atom is -0.265 e. The summed E-state index contributed by atoms with van der Waals surface area (Å²) >= 11 is 0. The molecule has 0 radical (unpaired) electrons. The minimum absolute atomic E-state index is 0.310. The Balaban J connectivity index is 2.11. The molecule has 1 aromatic carbocycles. The lowest BCUT2D eigenvalue weighted by Crippen LogP contribution is -2.36. The number of H-pyrrole nitrogens is 1. The normalized spacial score (nSPS) is 11.4. The third-order valence-electron chi connectivity index (χ3n) is 4.02. The van der Waals surface area contributed by atoms with Crippen LogP contribution in [0.5, 0.6) is 0 Å². The maximum absolute atomic E-state index is 12.3. The van der Waals surface area contributed by atoms with Gasteiger partial charge in [-0.25, -0.2) is 14.3 Å². The maximum Gasteiger partial charge on any atom is 0.404 e. The Morgan fingerprint density at radius 3 is 2.61 bits per heavy atom. The molecule has 0 spiro atoms. The molecule has 0 aliphatic carbocycles. The van der Waals surface area contributed by atoms with Crippen molar-refractivity contribution >= 4 is 22.1 Å². The molecule has 4 rings (SSSR count). The Kier molecular flexibility index (Phi) is 2.71. The molecule has 7 nitrogen and oxygen atoms in total. The van der Waals surface area contributed by atoms with Gasteiger partial charge in [-0.2, -0.15) is 0 Å². The third kappa shape index (κ3) is 1.83. The summed E-state index contributed by atoms with van der Waals surface area (Å²) in [7, 11) is 3.05. The highest BCUT2D eigenvalue weighted by molar-refractivity contribution is 5.76. The molecule has 7 heteroatoms. The van der Waals surface area contributed by atoms with Crippen LogP contribution in [0.2, 0.25) is 0 Å². The molecule has 3 aromatic heterocycles. The van der Waals surface area contributed by atoms with E-state index in [1.165, 1.54) is 11.6 Å². The molecule has 4 aromatic rings. The highest BCUT2D eigenvalue weighted by Crippen LogP contribution is 2.11. The largest absolute Gasteiger partial charge is 0.404 e. The first kappa shape index (κ1) is 13.4. The van der Waals surface area contributed by atoms with E-state index in [0.717, 1.165) is 15.5 Å². The van der Waals surface area contributed by atoms with Crippen molar-refractivity contribution < 1.29 is 4.57 Å². The summed E-state index contributed by atoms with van der Waals surface area (Å²) in [6, 6.07) is 11.8. The number of rotatable bonds is 1. The first-order chi connectivity index (χ1) is 11.1. The molecule has 0 fully saturated rings. The van der Waals surface area contributed by atoms with Crippen LogP contribution in [0.15, 0.2) is 52.2 Å². The van der Waals surface area contributed by atoms with E-state index in [4.69, 9.17) is 0 Å². The van der Waals surface area contributed by atoms with Crippen molar-refractivity contribution in [2.45, 2.75) is 0 Å². The Morgan fingerprint density at radius 1 is 1.04 bits per heavy atom. The van der Waals surface area contributed by atoms with Crippen LogP contribution in [0, 0.1) is 0 Å². The van der Waals surface area contributed by atoms with E-state index in [1.54, 1.807) is 7.05 Å². The van der Waals surface area contributed by atoms with Gasteiger partial charge in [-0.1, -0.05) is 18.2 Å². The molecule has 23 heavy (non-hydrogen) atoms. The number of fused-ring (bicyclic) bond motifs is 2. The standard InChI is InChI=1S/C16H13N5O2/c1-19-13-12(14(22)20(2)16(19)23)17-15(18-13)21-9-5-7-10-6-3-4-8-11(10)21/h3-9H,1-2H3/p+1. The predicted molar refractivity (Wildman–Crippen MR) is 85.6 cm³/mol. The van der Waals surface area contributed by atoms with Crippen molar-refractivity contribution in [3.05, 3.63) is 63.4 Å². The van der Waals surface area contributed by atoms with E-state index < -0.39 is 5.69 Å². The van der Waals surface area contributed by atoms with E-state index in [9.17, 15) is 9.59 Å². The first-order valence-corrected chi connectivity index (χ1v) is 7.13. The highest BCUT2D eigenvalue weighted by Gasteiger charge is 2.22. The van der Waals surface area contributed by atoms with Crippen molar-refractivity contribution in [1.82, 2.24) is 19.1 Å². The molecule has 0 atom stereocenters. The summed E-state index contributed by atoms with van der Waals surface area (Å²) in [5.74, 6) is 0.495. The van der Waals surface area contributed by atoms with E-state index in [-0.39, 0.29) is 5.56 Å². The summed E-state index contributed by atoms with van der Waals surface area (Å²) in [6.45, 7) is 0. The fraction of sp³-hybridized carbons (Fsp3) is 0.125. The fourth-order valence-electron chi connectivity index (χ4n) is 2.77. The van der Waals surface area contributed by atoms with Crippen molar-refractivity contribution in [3.8, 4) is 5.95 Å². The van der Waals surface area contributed by atoms with Gasteiger partial charge >= 0.3 is 11.6 Å². The zero-order valence-electron chi connectivity index (χ0n) is 12.6. The second-order valence-electron chi connectivity index (χ2n) is 5.40. The SMILES string of the molecule is Cn1c(=O)c2[nH]c(-[n+]3cccc4ccccc43)nc2n(C)c1=O. The maximum atomic E-state index is 12.3. The van der Waals surface area contributed by atoms with Crippen molar-refractivity contribution in [1.29, 1.82) is 0 Å². The molecule has 0 saturated carbocycles. The molecule has 0 saturated heterocycles. The Morgan fingerprint density at radius 2 is 1.78 bits per heavy atom. The minimum atomic E-state index is -0.400. The second-order valence-corrected chi connectivity index (χ2v) is 5.40. The predicted octanol–water partition coefficient (Wildman–Crippen LogP) is 0.390. The van der Waals surface area contributed by atoms with Gasteiger partial charge in [0.1, 0.15) is 5.52 Å². The van der Waals surface area contributed by atoms with Crippen LogP contribution < -0.4 is 15.8 Å². The lowest BCUT2D eigenvalue weighted by molar-refractivity contribution is -0.574. The Bertz CT molecular complexity index is 1180. The Hall–Kier alpha value is -3.22. The number of benzene rings is 1. The summed E-state index contributed by atoms with van der Waals surface area (Å²) < 4.78 is 4.29. The number of nitrogens with one attached hydrogen (secondary N) is 1.